The lowest BCUT2D eigenvalue weighted by atomic mass is 10.1. The molecule has 3 aromatic rings. The number of thiophene rings is 1. The molecule has 0 aliphatic rings. The van der Waals surface area contributed by atoms with E-state index < -0.39 is 0 Å². The first-order valence-corrected chi connectivity index (χ1v) is 8.25. The highest BCUT2D eigenvalue weighted by molar-refractivity contribution is 7.21. The average Bonchev–Trinajstić information content (AvgIpc) is 3.15. The molecule has 1 aromatic carbocycles. The van der Waals surface area contributed by atoms with Crippen LogP contribution in [0.4, 0.5) is 0 Å². The molecule has 5 heteroatoms. The summed E-state index contributed by atoms with van der Waals surface area (Å²) in [5, 5.41) is 4.31. The minimum Gasteiger partial charge on any atom is -0.347 e. The van der Waals surface area contributed by atoms with Crippen LogP contribution in [-0.2, 0) is 6.54 Å². The zero-order chi connectivity index (χ0) is 15.5. The fourth-order valence-corrected chi connectivity index (χ4v) is 3.68. The number of nitrogens with zero attached hydrogens (tertiary/aromatic N) is 2. The zero-order valence-electron chi connectivity index (χ0n) is 12.7. The third-order valence-corrected chi connectivity index (χ3v) is 5.14. The number of carbonyl (C=O) groups is 1. The van der Waals surface area contributed by atoms with Gasteiger partial charge in [0.25, 0.3) is 5.91 Å². The Kier molecular flexibility index (Phi) is 4.24. The van der Waals surface area contributed by atoms with Crippen molar-refractivity contribution in [1.29, 1.82) is 0 Å². The largest absolute Gasteiger partial charge is 0.347 e. The van der Waals surface area contributed by atoms with Crippen LogP contribution in [-0.4, -0.2) is 21.5 Å². The minimum atomic E-state index is 0.0191. The van der Waals surface area contributed by atoms with Gasteiger partial charge in [-0.25, -0.2) is 4.98 Å². The standard InChI is InChI=1S/C17H19N3OS/c1-3-13(10-20-9-8-18-11-20)19-17(21)16-12(2)14-6-4-5-7-15(14)22-16/h4-9,11,13H,3,10H2,1-2H3,(H,19,21). The molecule has 1 amide bonds. The van der Waals surface area contributed by atoms with Crippen molar-refractivity contribution in [2.45, 2.75) is 32.9 Å². The summed E-state index contributed by atoms with van der Waals surface area (Å²) in [6, 6.07) is 8.25. The van der Waals surface area contributed by atoms with Crippen LogP contribution in [0.1, 0.15) is 28.6 Å². The number of carbonyl (C=O) groups excluding carboxylic acids is 1. The Balaban J connectivity index is 1.78. The Bertz CT molecular complexity index is 776. The molecule has 2 aromatic heterocycles. The lowest BCUT2D eigenvalue weighted by Crippen LogP contribution is -2.37. The number of amides is 1. The van der Waals surface area contributed by atoms with Crippen LogP contribution in [0.3, 0.4) is 0 Å². The molecule has 0 aliphatic heterocycles. The molecule has 1 atom stereocenters. The van der Waals surface area contributed by atoms with Crippen LogP contribution >= 0.6 is 11.3 Å². The third-order valence-electron chi connectivity index (χ3n) is 3.87. The average molecular weight is 313 g/mol. The van der Waals surface area contributed by atoms with Crippen molar-refractivity contribution in [3.05, 3.63) is 53.4 Å². The number of aryl methyl sites for hydroxylation is 1. The maximum absolute atomic E-state index is 12.6. The van der Waals surface area contributed by atoms with E-state index in [2.05, 4.69) is 29.4 Å². The number of aromatic nitrogens is 2. The number of imidazole rings is 1. The van der Waals surface area contributed by atoms with Crippen LogP contribution in [0.15, 0.2) is 43.0 Å². The van der Waals surface area contributed by atoms with Gasteiger partial charge in [0.1, 0.15) is 0 Å². The quantitative estimate of drug-likeness (QED) is 0.782. The molecule has 0 saturated carbocycles. The molecular formula is C17H19N3OS. The molecule has 2 heterocycles. The molecule has 0 saturated heterocycles. The number of nitrogens with one attached hydrogen (secondary N) is 1. The molecule has 0 spiro atoms. The van der Waals surface area contributed by atoms with Gasteiger partial charge in [0, 0.05) is 29.7 Å². The maximum atomic E-state index is 12.6. The van der Waals surface area contributed by atoms with Gasteiger partial charge >= 0.3 is 0 Å². The number of rotatable bonds is 5. The second-order valence-corrected chi connectivity index (χ2v) is 6.44. The van der Waals surface area contributed by atoms with Crippen LogP contribution in [0.5, 0.6) is 0 Å². The van der Waals surface area contributed by atoms with Crippen LogP contribution < -0.4 is 5.32 Å². The second kappa shape index (κ2) is 6.32. The molecule has 3 rings (SSSR count). The lowest BCUT2D eigenvalue weighted by Gasteiger charge is -2.17. The van der Waals surface area contributed by atoms with Crippen LogP contribution in [0.25, 0.3) is 10.1 Å². The molecular weight excluding hydrogens is 294 g/mol. The first-order chi connectivity index (χ1) is 10.7. The summed E-state index contributed by atoms with van der Waals surface area (Å²) in [5.74, 6) is 0.0191. The third kappa shape index (κ3) is 2.90. The molecule has 1 unspecified atom stereocenters. The van der Waals surface area contributed by atoms with Gasteiger partial charge in [-0.2, -0.15) is 0 Å². The summed E-state index contributed by atoms with van der Waals surface area (Å²) in [6.45, 7) is 4.84. The van der Waals surface area contributed by atoms with Gasteiger partial charge < -0.3 is 9.88 Å². The zero-order valence-corrected chi connectivity index (χ0v) is 13.6. The van der Waals surface area contributed by atoms with Crippen molar-refractivity contribution >= 4 is 27.3 Å². The molecule has 0 bridgehead atoms. The van der Waals surface area contributed by atoms with Crippen molar-refractivity contribution in [3.63, 3.8) is 0 Å². The molecule has 0 aliphatic carbocycles. The molecule has 1 N–H and O–H groups in total. The summed E-state index contributed by atoms with van der Waals surface area (Å²) >= 11 is 1.56. The molecule has 0 fully saturated rings. The van der Waals surface area contributed by atoms with E-state index in [-0.39, 0.29) is 11.9 Å². The molecule has 4 nitrogen and oxygen atoms in total. The Morgan fingerprint density at radius 2 is 2.23 bits per heavy atom. The maximum Gasteiger partial charge on any atom is 0.261 e. The van der Waals surface area contributed by atoms with E-state index in [1.54, 1.807) is 23.9 Å². The Hall–Kier alpha value is -2.14. The SMILES string of the molecule is CCC(Cn1ccnc1)NC(=O)c1sc2ccccc2c1C. The highest BCUT2D eigenvalue weighted by Crippen LogP contribution is 2.30. The molecule has 114 valence electrons. The predicted molar refractivity (Wildman–Crippen MR) is 90.3 cm³/mol. The monoisotopic (exact) mass is 313 g/mol. The van der Waals surface area contributed by atoms with Gasteiger partial charge in [-0.05, 0) is 30.4 Å². The Labute approximate surface area is 133 Å². The molecule has 22 heavy (non-hydrogen) atoms. The van der Waals surface area contributed by atoms with Crippen LogP contribution in [0, 0.1) is 6.92 Å². The smallest absolute Gasteiger partial charge is 0.261 e. The first-order valence-electron chi connectivity index (χ1n) is 7.43. The summed E-state index contributed by atoms with van der Waals surface area (Å²) in [6.07, 6.45) is 6.33. The van der Waals surface area contributed by atoms with Crippen molar-refractivity contribution in [1.82, 2.24) is 14.9 Å². The summed E-state index contributed by atoms with van der Waals surface area (Å²) in [4.78, 5) is 17.5. The van der Waals surface area contributed by atoms with Crippen molar-refractivity contribution in [2.75, 3.05) is 0 Å². The lowest BCUT2D eigenvalue weighted by molar-refractivity contribution is 0.0935. The highest BCUT2D eigenvalue weighted by atomic mass is 32.1. The van der Waals surface area contributed by atoms with E-state index in [0.29, 0.717) is 0 Å². The van der Waals surface area contributed by atoms with Crippen LogP contribution in [0.2, 0.25) is 0 Å². The number of benzene rings is 1. The van der Waals surface area contributed by atoms with E-state index in [1.165, 1.54) is 5.39 Å². The first kappa shape index (κ1) is 14.8. The molecule has 0 radical (unpaired) electrons. The van der Waals surface area contributed by atoms with E-state index in [4.69, 9.17) is 0 Å². The Morgan fingerprint density at radius 1 is 1.41 bits per heavy atom. The van der Waals surface area contributed by atoms with E-state index in [0.717, 1.165) is 28.1 Å². The number of hydrogen-bond donors (Lipinski definition) is 1. The van der Waals surface area contributed by atoms with Gasteiger partial charge in [-0.15, -0.1) is 11.3 Å². The number of fused-ring (bicyclic) bond motifs is 1. The van der Waals surface area contributed by atoms with Gasteiger partial charge in [-0.1, -0.05) is 25.1 Å². The summed E-state index contributed by atoms with van der Waals surface area (Å²) in [5.41, 5.74) is 1.07. The predicted octanol–water partition coefficient (Wildman–Crippen LogP) is 3.61. The fraction of sp³-hybridized carbons (Fsp3) is 0.294. The van der Waals surface area contributed by atoms with Gasteiger partial charge in [0.15, 0.2) is 0 Å². The van der Waals surface area contributed by atoms with Crippen molar-refractivity contribution in [3.8, 4) is 0 Å². The van der Waals surface area contributed by atoms with Gasteiger partial charge in [0.05, 0.1) is 11.2 Å². The van der Waals surface area contributed by atoms with E-state index in [9.17, 15) is 4.79 Å². The van der Waals surface area contributed by atoms with Crippen molar-refractivity contribution < 1.29 is 4.79 Å². The summed E-state index contributed by atoms with van der Waals surface area (Å²) < 4.78 is 3.15. The number of hydrogen-bond acceptors (Lipinski definition) is 3. The fourth-order valence-electron chi connectivity index (χ4n) is 2.57. The minimum absolute atomic E-state index is 0.0191. The van der Waals surface area contributed by atoms with E-state index >= 15 is 0 Å². The second-order valence-electron chi connectivity index (χ2n) is 5.39. The van der Waals surface area contributed by atoms with E-state index in [1.807, 2.05) is 29.8 Å². The highest BCUT2D eigenvalue weighted by Gasteiger charge is 2.18. The Morgan fingerprint density at radius 3 is 2.91 bits per heavy atom. The van der Waals surface area contributed by atoms with Gasteiger partial charge in [-0.3, -0.25) is 4.79 Å². The topological polar surface area (TPSA) is 46.9 Å². The van der Waals surface area contributed by atoms with Gasteiger partial charge in [0.2, 0.25) is 0 Å². The summed E-state index contributed by atoms with van der Waals surface area (Å²) in [7, 11) is 0. The van der Waals surface area contributed by atoms with Crippen molar-refractivity contribution in [2.24, 2.45) is 0 Å². The normalized spacial score (nSPS) is 12.5.